The summed E-state index contributed by atoms with van der Waals surface area (Å²) in [5, 5.41) is 8.27. The molecular formula is C16H29N3. The Kier molecular flexibility index (Phi) is 5.03. The third-order valence-corrected chi connectivity index (χ3v) is 4.66. The van der Waals surface area contributed by atoms with Crippen molar-refractivity contribution in [3.63, 3.8) is 0 Å². The molecule has 1 N–H and O–H groups in total. The number of aromatic nitrogens is 2. The topological polar surface area (TPSA) is 29.9 Å². The van der Waals surface area contributed by atoms with Gasteiger partial charge >= 0.3 is 0 Å². The van der Waals surface area contributed by atoms with Crippen LogP contribution in [0.15, 0.2) is 0 Å². The van der Waals surface area contributed by atoms with E-state index >= 15 is 0 Å². The van der Waals surface area contributed by atoms with Gasteiger partial charge in [-0.2, -0.15) is 5.10 Å². The molecule has 3 heteroatoms. The van der Waals surface area contributed by atoms with Crippen LogP contribution >= 0.6 is 0 Å². The average molecular weight is 263 g/mol. The standard InChI is InChI=1S/C16H29N3/c1-5-17-15(11-14-9-7-6-8-10-14)16-12(2)18-19(4)13(16)3/h14-15,17H,5-11H2,1-4H3. The number of aryl methyl sites for hydroxylation is 2. The molecule has 0 amide bonds. The first-order valence-electron chi connectivity index (χ1n) is 7.87. The van der Waals surface area contributed by atoms with Crippen molar-refractivity contribution in [1.29, 1.82) is 0 Å². The maximum absolute atomic E-state index is 4.58. The van der Waals surface area contributed by atoms with Crippen LogP contribution in [0, 0.1) is 19.8 Å². The van der Waals surface area contributed by atoms with Crippen molar-refractivity contribution in [2.45, 2.75) is 65.3 Å². The molecule has 0 radical (unpaired) electrons. The molecule has 3 nitrogen and oxygen atoms in total. The van der Waals surface area contributed by atoms with Crippen LogP contribution in [-0.2, 0) is 7.05 Å². The second-order valence-electron chi connectivity index (χ2n) is 6.06. The summed E-state index contributed by atoms with van der Waals surface area (Å²) in [5.74, 6) is 0.900. The zero-order chi connectivity index (χ0) is 13.8. The van der Waals surface area contributed by atoms with Crippen LogP contribution < -0.4 is 5.32 Å². The molecule has 108 valence electrons. The van der Waals surface area contributed by atoms with E-state index in [4.69, 9.17) is 0 Å². The van der Waals surface area contributed by atoms with E-state index in [0.717, 1.165) is 12.5 Å². The summed E-state index contributed by atoms with van der Waals surface area (Å²) in [6, 6.07) is 0.488. The fourth-order valence-electron chi connectivity index (χ4n) is 3.60. The van der Waals surface area contributed by atoms with E-state index in [1.807, 2.05) is 4.68 Å². The number of nitrogens with one attached hydrogen (secondary N) is 1. The van der Waals surface area contributed by atoms with Gasteiger partial charge < -0.3 is 5.32 Å². The molecule has 1 fully saturated rings. The normalized spacial score (nSPS) is 18.7. The van der Waals surface area contributed by atoms with Crippen LogP contribution in [0.3, 0.4) is 0 Å². The van der Waals surface area contributed by atoms with Gasteiger partial charge in [0, 0.05) is 24.3 Å². The van der Waals surface area contributed by atoms with Crippen molar-refractivity contribution in [3.05, 3.63) is 17.0 Å². The molecule has 1 aromatic rings. The van der Waals surface area contributed by atoms with E-state index in [1.165, 1.54) is 55.5 Å². The zero-order valence-corrected chi connectivity index (χ0v) is 13.0. The molecule has 1 unspecified atom stereocenters. The Morgan fingerprint density at radius 2 is 1.95 bits per heavy atom. The molecule has 1 aliphatic carbocycles. The lowest BCUT2D eigenvalue weighted by Crippen LogP contribution is -2.25. The lowest BCUT2D eigenvalue weighted by molar-refractivity contribution is 0.301. The first-order chi connectivity index (χ1) is 9.13. The summed E-state index contributed by atoms with van der Waals surface area (Å²) in [6.45, 7) is 7.58. The van der Waals surface area contributed by atoms with E-state index in [-0.39, 0.29) is 0 Å². The second-order valence-corrected chi connectivity index (χ2v) is 6.06. The Morgan fingerprint density at radius 3 is 2.47 bits per heavy atom. The largest absolute Gasteiger partial charge is 0.310 e. The van der Waals surface area contributed by atoms with Gasteiger partial charge in [-0.15, -0.1) is 0 Å². The quantitative estimate of drug-likeness (QED) is 0.878. The maximum Gasteiger partial charge on any atom is 0.0644 e. The molecule has 0 bridgehead atoms. The Hall–Kier alpha value is -0.830. The minimum Gasteiger partial charge on any atom is -0.310 e. The smallest absolute Gasteiger partial charge is 0.0644 e. The summed E-state index contributed by atoms with van der Waals surface area (Å²) in [4.78, 5) is 0. The van der Waals surface area contributed by atoms with Crippen molar-refractivity contribution in [2.75, 3.05) is 6.54 Å². The molecule has 2 rings (SSSR count). The summed E-state index contributed by atoms with van der Waals surface area (Å²) in [7, 11) is 2.05. The Balaban J connectivity index is 2.14. The molecule has 0 saturated heterocycles. The maximum atomic E-state index is 4.58. The Morgan fingerprint density at radius 1 is 1.26 bits per heavy atom. The summed E-state index contributed by atoms with van der Waals surface area (Å²) in [5.41, 5.74) is 3.95. The first-order valence-corrected chi connectivity index (χ1v) is 7.87. The van der Waals surface area contributed by atoms with Crippen LogP contribution in [0.1, 0.15) is 68.4 Å². The SMILES string of the molecule is CCNC(CC1CCCCC1)c1c(C)nn(C)c1C. The highest BCUT2D eigenvalue weighted by atomic mass is 15.3. The molecule has 1 atom stereocenters. The van der Waals surface area contributed by atoms with Gasteiger partial charge in [0.2, 0.25) is 0 Å². The molecule has 0 aliphatic heterocycles. The predicted molar refractivity (Wildman–Crippen MR) is 80.3 cm³/mol. The summed E-state index contributed by atoms with van der Waals surface area (Å²) < 4.78 is 2.02. The van der Waals surface area contributed by atoms with Gasteiger partial charge in [0.15, 0.2) is 0 Å². The molecule has 0 aromatic carbocycles. The molecule has 0 spiro atoms. The van der Waals surface area contributed by atoms with Gasteiger partial charge in [0.05, 0.1) is 5.69 Å². The van der Waals surface area contributed by atoms with Gasteiger partial charge in [-0.05, 0) is 32.7 Å². The summed E-state index contributed by atoms with van der Waals surface area (Å²) >= 11 is 0. The van der Waals surface area contributed by atoms with Gasteiger partial charge in [0.1, 0.15) is 0 Å². The third kappa shape index (κ3) is 3.38. The monoisotopic (exact) mass is 263 g/mol. The molecule has 1 heterocycles. The van der Waals surface area contributed by atoms with Crippen molar-refractivity contribution in [1.82, 2.24) is 15.1 Å². The first kappa shape index (κ1) is 14.6. The molecule has 1 aliphatic rings. The second kappa shape index (κ2) is 6.56. The van der Waals surface area contributed by atoms with E-state index in [2.05, 4.69) is 38.2 Å². The van der Waals surface area contributed by atoms with E-state index in [1.54, 1.807) is 0 Å². The number of nitrogens with zero attached hydrogens (tertiary/aromatic N) is 2. The van der Waals surface area contributed by atoms with Crippen LogP contribution in [0.4, 0.5) is 0 Å². The predicted octanol–water partition coefficient (Wildman–Crippen LogP) is 3.66. The highest BCUT2D eigenvalue weighted by Gasteiger charge is 2.24. The van der Waals surface area contributed by atoms with E-state index in [9.17, 15) is 0 Å². The van der Waals surface area contributed by atoms with Crippen molar-refractivity contribution < 1.29 is 0 Å². The van der Waals surface area contributed by atoms with Crippen LogP contribution in [-0.4, -0.2) is 16.3 Å². The Labute approximate surface area is 117 Å². The fraction of sp³-hybridized carbons (Fsp3) is 0.812. The third-order valence-electron chi connectivity index (χ3n) is 4.66. The van der Waals surface area contributed by atoms with E-state index < -0.39 is 0 Å². The van der Waals surface area contributed by atoms with Gasteiger partial charge in [-0.25, -0.2) is 0 Å². The van der Waals surface area contributed by atoms with E-state index in [0.29, 0.717) is 6.04 Å². The lowest BCUT2D eigenvalue weighted by Gasteiger charge is -2.27. The van der Waals surface area contributed by atoms with Crippen LogP contribution in [0.5, 0.6) is 0 Å². The Bertz CT molecular complexity index is 402. The molecule has 19 heavy (non-hydrogen) atoms. The van der Waals surface area contributed by atoms with Crippen molar-refractivity contribution in [2.24, 2.45) is 13.0 Å². The molecule has 1 aromatic heterocycles. The van der Waals surface area contributed by atoms with Crippen molar-refractivity contribution >= 4 is 0 Å². The lowest BCUT2D eigenvalue weighted by atomic mass is 9.83. The fourth-order valence-corrected chi connectivity index (χ4v) is 3.60. The number of hydrogen-bond donors (Lipinski definition) is 1. The summed E-state index contributed by atoms with van der Waals surface area (Å²) in [6.07, 6.45) is 8.40. The zero-order valence-electron chi connectivity index (χ0n) is 13.0. The molecular weight excluding hydrogens is 234 g/mol. The van der Waals surface area contributed by atoms with Gasteiger partial charge in [0.25, 0.3) is 0 Å². The van der Waals surface area contributed by atoms with Gasteiger partial charge in [-0.3, -0.25) is 4.68 Å². The minimum atomic E-state index is 0.488. The highest BCUT2D eigenvalue weighted by molar-refractivity contribution is 5.28. The number of hydrogen-bond acceptors (Lipinski definition) is 2. The average Bonchev–Trinajstić information content (AvgIpc) is 2.64. The van der Waals surface area contributed by atoms with Crippen LogP contribution in [0.2, 0.25) is 0 Å². The highest BCUT2D eigenvalue weighted by Crippen LogP contribution is 2.33. The minimum absolute atomic E-state index is 0.488. The van der Waals surface area contributed by atoms with Crippen molar-refractivity contribution in [3.8, 4) is 0 Å². The van der Waals surface area contributed by atoms with Crippen LogP contribution in [0.25, 0.3) is 0 Å². The number of rotatable bonds is 5. The van der Waals surface area contributed by atoms with Gasteiger partial charge in [-0.1, -0.05) is 39.0 Å². The molecule has 1 saturated carbocycles.